The fourth-order valence-corrected chi connectivity index (χ4v) is 4.67. The second-order valence-corrected chi connectivity index (χ2v) is 8.54. The molecule has 2 aliphatic rings. The van der Waals surface area contributed by atoms with E-state index in [1.165, 1.54) is 51.5 Å². The molecule has 1 heteroatoms. The maximum atomic E-state index is 2.41. The number of hydrogen-bond donors (Lipinski definition) is 0. The quantitative estimate of drug-likeness (QED) is 0.309. The van der Waals surface area contributed by atoms with Crippen LogP contribution in [0.4, 0.5) is 0 Å². The smallest absolute Gasteiger partial charge is 0.0540 e. The average Bonchev–Trinajstić information content (AvgIpc) is 3.20. The summed E-state index contributed by atoms with van der Waals surface area (Å²) in [6, 6.07) is 27.7. The first kappa shape index (κ1) is 20.3. The van der Waals surface area contributed by atoms with Gasteiger partial charge >= 0.3 is 0 Å². The lowest BCUT2D eigenvalue weighted by atomic mass is 9.88. The van der Waals surface area contributed by atoms with E-state index >= 15 is 0 Å². The molecular formula is C31H29N. The van der Waals surface area contributed by atoms with Crippen LogP contribution < -0.4 is 0 Å². The third kappa shape index (κ3) is 4.11. The first-order chi connectivity index (χ1) is 15.8. The molecule has 0 aliphatic heterocycles. The van der Waals surface area contributed by atoms with Crippen molar-refractivity contribution in [3.8, 4) is 0 Å². The SMILES string of the molecule is C1=CC(C2C=CC(n3c4ccccc4c4ccccc43)=CC2)=CCC1.Cc1ccccc1. The van der Waals surface area contributed by atoms with Gasteiger partial charge in [0, 0.05) is 22.4 Å². The molecule has 4 aromatic rings. The van der Waals surface area contributed by atoms with Gasteiger partial charge in [0.2, 0.25) is 0 Å². The minimum absolute atomic E-state index is 0.522. The molecule has 32 heavy (non-hydrogen) atoms. The van der Waals surface area contributed by atoms with Crippen LogP contribution in [-0.2, 0) is 0 Å². The molecule has 0 N–H and O–H groups in total. The first-order valence-corrected chi connectivity index (χ1v) is 11.6. The van der Waals surface area contributed by atoms with Gasteiger partial charge in [-0.1, -0.05) is 103 Å². The van der Waals surface area contributed by atoms with Crippen molar-refractivity contribution >= 4 is 27.5 Å². The third-order valence-electron chi connectivity index (χ3n) is 6.31. The first-order valence-electron chi connectivity index (χ1n) is 11.6. The molecule has 3 aromatic carbocycles. The highest BCUT2D eigenvalue weighted by molar-refractivity contribution is 6.10. The van der Waals surface area contributed by atoms with E-state index in [0.717, 1.165) is 6.42 Å². The zero-order chi connectivity index (χ0) is 21.8. The lowest BCUT2D eigenvalue weighted by Gasteiger charge is -2.20. The number of aryl methyl sites for hydroxylation is 1. The Hall–Kier alpha value is -3.58. The van der Waals surface area contributed by atoms with Crippen molar-refractivity contribution in [1.82, 2.24) is 4.57 Å². The molecule has 0 spiro atoms. The monoisotopic (exact) mass is 415 g/mol. The van der Waals surface area contributed by atoms with Crippen molar-refractivity contribution in [3.63, 3.8) is 0 Å². The lowest BCUT2D eigenvalue weighted by molar-refractivity contribution is 0.769. The lowest BCUT2D eigenvalue weighted by Crippen LogP contribution is -2.06. The normalized spacial score (nSPS) is 17.6. The largest absolute Gasteiger partial charge is 0.310 e. The van der Waals surface area contributed by atoms with Gasteiger partial charge in [-0.05, 0) is 50.0 Å². The summed E-state index contributed by atoms with van der Waals surface area (Å²) < 4.78 is 2.41. The van der Waals surface area contributed by atoms with E-state index in [0.29, 0.717) is 5.92 Å². The van der Waals surface area contributed by atoms with E-state index in [1.807, 2.05) is 18.2 Å². The summed E-state index contributed by atoms with van der Waals surface area (Å²) >= 11 is 0. The molecule has 6 rings (SSSR count). The van der Waals surface area contributed by atoms with Crippen LogP contribution in [0.5, 0.6) is 0 Å². The summed E-state index contributed by atoms with van der Waals surface area (Å²) in [6.45, 7) is 2.08. The highest BCUT2D eigenvalue weighted by atomic mass is 15.0. The standard InChI is InChI=1S/C24H21N.C7H8/c1-2-8-18(9-3-1)19-14-16-20(17-15-19)25-23-12-6-4-10-21(23)22-11-5-7-13-24(22)25;1-7-5-3-2-4-6-7/h2,4-14,16-17,19H,1,3,15H2;2-6H,1H3. The van der Waals surface area contributed by atoms with Crippen molar-refractivity contribution in [2.45, 2.75) is 26.2 Å². The molecule has 0 saturated heterocycles. The van der Waals surface area contributed by atoms with E-state index in [1.54, 1.807) is 0 Å². The third-order valence-corrected chi connectivity index (χ3v) is 6.31. The van der Waals surface area contributed by atoms with Gasteiger partial charge in [0.25, 0.3) is 0 Å². The number of hydrogen-bond acceptors (Lipinski definition) is 0. The van der Waals surface area contributed by atoms with Gasteiger partial charge in [-0.25, -0.2) is 0 Å². The topological polar surface area (TPSA) is 4.93 Å². The van der Waals surface area contributed by atoms with Gasteiger partial charge < -0.3 is 4.57 Å². The Balaban J connectivity index is 0.000000265. The van der Waals surface area contributed by atoms with Crippen LogP contribution in [0.2, 0.25) is 0 Å². The Morgan fingerprint density at radius 2 is 1.34 bits per heavy atom. The summed E-state index contributed by atoms with van der Waals surface area (Å²) in [5.41, 5.74) is 6.65. The molecule has 0 bridgehead atoms. The fraction of sp³-hybridized carbons (Fsp3) is 0.161. The van der Waals surface area contributed by atoms with Crippen molar-refractivity contribution in [3.05, 3.63) is 126 Å². The Bertz CT molecular complexity index is 1290. The molecule has 1 atom stereocenters. The molecule has 1 nitrogen and oxygen atoms in total. The zero-order valence-corrected chi connectivity index (χ0v) is 18.6. The highest BCUT2D eigenvalue weighted by Crippen LogP contribution is 2.35. The second kappa shape index (κ2) is 9.28. The maximum Gasteiger partial charge on any atom is 0.0540 e. The van der Waals surface area contributed by atoms with Gasteiger partial charge in [-0.2, -0.15) is 0 Å². The Kier molecular flexibility index (Phi) is 5.89. The van der Waals surface area contributed by atoms with Crippen molar-refractivity contribution in [2.24, 2.45) is 5.92 Å². The highest BCUT2D eigenvalue weighted by Gasteiger charge is 2.17. The summed E-state index contributed by atoms with van der Waals surface area (Å²) in [4.78, 5) is 0. The van der Waals surface area contributed by atoms with E-state index in [4.69, 9.17) is 0 Å². The summed E-state index contributed by atoms with van der Waals surface area (Å²) in [7, 11) is 0. The van der Waals surface area contributed by atoms with Crippen molar-refractivity contribution in [2.75, 3.05) is 0 Å². The van der Waals surface area contributed by atoms with Gasteiger partial charge in [0.15, 0.2) is 0 Å². The molecule has 1 heterocycles. The van der Waals surface area contributed by atoms with Gasteiger partial charge in [0.1, 0.15) is 0 Å². The number of para-hydroxylation sites is 2. The minimum atomic E-state index is 0.522. The molecule has 0 radical (unpaired) electrons. The molecule has 2 aliphatic carbocycles. The number of nitrogens with zero attached hydrogens (tertiary/aromatic N) is 1. The second-order valence-electron chi connectivity index (χ2n) is 8.54. The summed E-state index contributed by atoms with van der Waals surface area (Å²) in [6.07, 6.45) is 17.5. The number of aromatic nitrogens is 1. The van der Waals surface area contributed by atoms with E-state index in [-0.39, 0.29) is 0 Å². The maximum absolute atomic E-state index is 2.41. The van der Waals surface area contributed by atoms with Crippen LogP contribution in [0.1, 0.15) is 24.8 Å². The van der Waals surface area contributed by atoms with Gasteiger partial charge in [-0.15, -0.1) is 0 Å². The van der Waals surface area contributed by atoms with Crippen LogP contribution in [0.25, 0.3) is 27.5 Å². The van der Waals surface area contributed by atoms with E-state index in [9.17, 15) is 0 Å². The van der Waals surface area contributed by atoms with Crippen molar-refractivity contribution < 1.29 is 0 Å². The Morgan fingerprint density at radius 3 is 1.88 bits per heavy atom. The van der Waals surface area contributed by atoms with Crippen LogP contribution in [0.3, 0.4) is 0 Å². The average molecular weight is 416 g/mol. The van der Waals surface area contributed by atoms with Crippen LogP contribution in [0.15, 0.2) is 121 Å². The summed E-state index contributed by atoms with van der Waals surface area (Å²) in [5.74, 6) is 0.522. The van der Waals surface area contributed by atoms with Gasteiger partial charge in [0.05, 0.1) is 11.0 Å². The molecule has 1 unspecified atom stereocenters. The van der Waals surface area contributed by atoms with E-state index < -0.39 is 0 Å². The molecule has 0 saturated carbocycles. The van der Waals surface area contributed by atoms with Crippen LogP contribution >= 0.6 is 0 Å². The number of benzene rings is 3. The van der Waals surface area contributed by atoms with Crippen LogP contribution in [0, 0.1) is 12.8 Å². The predicted molar refractivity (Wildman–Crippen MR) is 139 cm³/mol. The predicted octanol–water partition coefficient (Wildman–Crippen LogP) is 8.48. The fourth-order valence-electron chi connectivity index (χ4n) is 4.67. The van der Waals surface area contributed by atoms with Crippen molar-refractivity contribution in [1.29, 1.82) is 0 Å². The molecular weight excluding hydrogens is 386 g/mol. The summed E-state index contributed by atoms with van der Waals surface area (Å²) in [5, 5.41) is 2.65. The molecule has 0 fully saturated rings. The minimum Gasteiger partial charge on any atom is -0.310 e. The van der Waals surface area contributed by atoms with Gasteiger partial charge in [-0.3, -0.25) is 0 Å². The molecule has 0 amide bonds. The number of allylic oxidation sites excluding steroid dienone is 8. The Morgan fingerprint density at radius 1 is 0.688 bits per heavy atom. The number of fused-ring (bicyclic) bond motifs is 3. The van der Waals surface area contributed by atoms with Crippen LogP contribution in [-0.4, -0.2) is 4.57 Å². The number of rotatable bonds is 2. The molecule has 1 aromatic heterocycles. The molecule has 158 valence electrons. The Labute approximate surface area is 190 Å². The zero-order valence-electron chi connectivity index (χ0n) is 18.6. The van der Waals surface area contributed by atoms with E-state index in [2.05, 4.69) is 109 Å².